The van der Waals surface area contributed by atoms with Crippen molar-refractivity contribution in [1.82, 2.24) is 19.2 Å². The molecular formula is C20H18N4O3. The molecule has 0 aliphatic carbocycles. The van der Waals surface area contributed by atoms with E-state index < -0.39 is 5.97 Å². The maximum absolute atomic E-state index is 13.1. The fraction of sp³-hybridized carbons (Fsp3) is 0.200. The molecule has 3 aromatic heterocycles. The highest BCUT2D eigenvalue weighted by molar-refractivity contribution is 5.97. The average molecular weight is 362 g/mol. The van der Waals surface area contributed by atoms with Gasteiger partial charge >= 0.3 is 5.97 Å². The number of ether oxygens (including phenoxy) is 1. The molecule has 0 N–H and O–H groups in total. The molecule has 0 atom stereocenters. The molecule has 3 heterocycles. The lowest BCUT2D eigenvalue weighted by molar-refractivity contribution is 0.0528. The number of hydrogen-bond acceptors (Lipinski definition) is 5. The second-order valence-corrected chi connectivity index (χ2v) is 6.35. The molecule has 0 aliphatic rings. The Balaban J connectivity index is 1.95. The number of aryl methyl sites for hydroxylation is 2. The molecule has 0 saturated carbocycles. The predicted molar refractivity (Wildman–Crippen MR) is 102 cm³/mol. The van der Waals surface area contributed by atoms with Crippen molar-refractivity contribution in [2.45, 2.75) is 20.8 Å². The average Bonchev–Trinajstić information content (AvgIpc) is 3.09. The Morgan fingerprint density at radius 3 is 2.78 bits per heavy atom. The fourth-order valence-corrected chi connectivity index (χ4v) is 3.14. The molecule has 0 saturated heterocycles. The number of esters is 1. The van der Waals surface area contributed by atoms with Crippen LogP contribution in [-0.2, 0) is 4.74 Å². The minimum absolute atomic E-state index is 0.191. The quantitative estimate of drug-likeness (QED) is 0.524. The van der Waals surface area contributed by atoms with E-state index in [9.17, 15) is 9.59 Å². The molecule has 1 aromatic carbocycles. The van der Waals surface area contributed by atoms with Crippen LogP contribution in [0.4, 0.5) is 0 Å². The number of carbonyl (C=O) groups is 1. The maximum atomic E-state index is 13.1. The molecule has 0 radical (unpaired) electrons. The summed E-state index contributed by atoms with van der Waals surface area (Å²) in [6, 6.07) is 7.77. The van der Waals surface area contributed by atoms with Gasteiger partial charge < -0.3 is 4.74 Å². The second kappa shape index (κ2) is 6.35. The van der Waals surface area contributed by atoms with Crippen LogP contribution >= 0.6 is 0 Å². The van der Waals surface area contributed by atoms with Crippen molar-refractivity contribution >= 4 is 22.5 Å². The summed E-state index contributed by atoms with van der Waals surface area (Å²) < 4.78 is 8.13. The van der Waals surface area contributed by atoms with Crippen LogP contribution in [0.25, 0.3) is 22.2 Å². The van der Waals surface area contributed by atoms with Gasteiger partial charge in [-0.3, -0.25) is 9.36 Å². The minimum atomic E-state index is -0.483. The van der Waals surface area contributed by atoms with Gasteiger partial charge in [0.25, 0.3) is 5.56 Å². The first-order chi connectivity index (χ1) is 13.0. The lowest BCUT2D eigenvalue weighted by Gasteiger charge is -2.11. The number of hydrogen-bond donors (Lipinski definition) is 0. The van der Waals surface area contributed by atoms with E-state index in [0.29, 0.717) is 16.6 Å². The number of fused-ring (bicyclic) bond motifs is 3. The van der Waals surface area contributed by atoms with E-state index in [0.717, 1.165) is 16.8 Å². The van der Waals surface area contributed by atoms with E-state index in [1.54, 1.807) is 23.8 Å². The van der Waals surface area contributed by atoms with E-state index in [1.165, 1.54) is 16.9 Å². The SMILES string of the molecule is CCOC(=O)c1cnn2c1ncc1c(=O)n(-c3cc(C)ccc3C)ccc12. The second-order valence-electron chi connectivity index (χ2n) is 6.35. The molecule has 0 aliphatic heterocycles. The maximum Gasteiger partial charge on any atom is 0.343 e. The van der Waals surface area contributed by atoms with Crippen molar-refractivity contribution in [1.29, 1.82) is 0 Å². The summed E-state index contributed by atoms with van der Waals surface area (Å²) in [4.78, 5) is 29.4. The lowest BCUT2D eigenvalue weighted by Crippen LogP contribution is -2.19. The van der Waals surface area contributed by atoms with E-state index in [1.807, 2.05) is 32.0 Å². The zero-order valence-electron chi connectivity index (χ0n) is 15.3. The summed E-state index contributed by atoms with van der Waals surface area (Å²) in [5, 5.41) is 4.65. The summed E-state index contributed by atoms with van der Waals surface area (Å²) in [7, 11) is 0. The lowest BCUT2D eigenvalue weighted by atomic mass is 10.1. The van der Waals surface area contributed by atoms with Crippen LogP contribution in [0.15, 0.2) is 47.7 Å². The number of aromatic nitrogens is 4. The Bertz CT molecular complexity index is 1250. The molecule has 7 heteroatoms. The number of nitrogens with zero attached hydrogens (tertiary/aromatic N) is 4. The van der Waals surface area contributed by atoms with Crippen LogP contribution in [0.5, 0.6) is 0 Å². The highest BCUT2D eigenvalue weighted by Gasteiger charge is 2.18. The Kier molecular flexibility index (Phi) is 3.99. The zero-order chi connectivity index (χ0) is 19.1. The zero-order valence-corrected chi connectivity index (χ0v) is 15.3. The van der Waals surface area contributed by atoms with Gasteiger partial charge in [0, 0.05) is 12.4 Å². The highest BCUT2D eigenvalue weighted by Crippen LogP contribution is 2.18. The van der Waals surface area contributed by atoms with Gasteiger partial charge in [0.1, 0.15) is 5.56 Å². The molecule has 0 fully saturated rings. The Hall–Kier alpha value is -3.48. The summed E-state index contributed by atoms with van der Waals surface area (Å²) in [5.41, 5.74) is 3.94. The summed E-state index contributed by atoms with van der Waals surface area (Å²) in [6.45, 7) is 5.96. The third-order valence-corrected chi connectivity index (χ3v) is 4.51. The first-order valence-electron chi connectivity index (χ1n) is 8.64. The monoisotopic (exact) mass is 362 g/mol. The van der Waals surface area contributed by atoms with Gasteiger partial charge in [-0.05, 0) is 44.0 Å². The van der Waals surface area contributed by atoms with Crippen LogP contribution in [0.3, 0.4) is 0 Å². The molecular weight excluding hydrogens is 344 g/mol. The number of rotatable bonds is 3. The normalized spacial score (nSPS) is 11.2. The van der Waals surface area contributed by atoms with Gasteiger partial charge in [-0.15, -0.1) is 0 Å². The van der Waals surface area contributed by atoms with Gasteiger partial charge in [0.2, 0.25) is 0 Å². The molecule has 0 unspecified atom stereocenters. The van der Waals surface area contributed by atoms with Crippen LogP contribution in [0.1, 0.15) is 28.4 Å². The number of pyridine rings is 1. The molecule has 136 valence electrons. The minimum Gasteiger partial charge on any atom is -0.462 e. The van der Waals surface area contributed by atoms with Crippen LogP contribution < -0.4 is 5.56 Å². The van der Waals surface area contributed by atoms with Gasteiger partial charge in [-0.2, -0.15) is 5.10 Å². The Morgan fingerprint density at radius 2 is 2.00 bits per heavy atom. The van der Waals surface area contributed by atoms with Crippen molar-refractivity contribution in [2.75, 3.05) is 6.61 Å². The number of benzene rings is 1. The van der Waals surface area contributed by atoms with Gasteiger partial charge in [-0.1, -0.05) is 12.1 Å². The van der Waals surface area contributed by atoms with Crippen LogP contribution in [-0.4, -0.2) is 31.7 Å². The smallest absolute Gasteiger partial charge is 0.343 e. The third kappa shape index (κ3) is 2.68. The summed E-state index contributed by atoms with van der Waals surface area (Å²) in [5.74, 6) is -0.483. The van der Waals surface area contributed by atoms with E-state index in [-0.39, 0.29) is 17.7 Å². The fourth-order valence-electron chi connectivity index (χ4n) is 3.14. The van der Waals surface area contributed by atoms with Gasteiger partial charge in [0.05, 0.1) is 29.4 Å². The Morgan fingerprint density at radius 1 is 1.19 bits per heavy atom. The largest absolute Gasteiger partial charge is 0.462 e. The molecule has 7 nitrogen and oxygen atoms in total. The van der Waals surface area contributed by atoms with E-state index in [4.69, 9.17) is 4.74 Å². The predicted octanol–water partition coefficient (Wildman–Crippen LogP) is 2.83. The van der Waals surface area contributed by atoms with Crippen LogP contribution in [0.2, 0.25) is 0 Å². The highest BCUT2D eigenvalue weighted by atomic mass is 16.5. The first-order valence-corrected chi connectivity index (χ1v) is 8.64. The summed E-state index contributed by atoms with van der Waals surface area (Å²) in [6.07, 6.45) is 4.62. The van der Waals surface area contributed by atoms with E-state index in [2.05, 4.69) is 10.1 Å². The molecule has 27 heavy (non-hydrogen) atoms. The van der Waals surface area contributed by atoms with Gasteiger partial charge in [0.15, 0.2) is 5.65 Å². The van der Waals surface area contributed by atoms with E-state index >= 15 is 0 Å². The molecule has 4 rings (SSSR count). The van der Waals surface area contributed by atoms with Crippen molar-refractivity contribution in [3.05, 3.63) is 69.9 Å². The first kappa shape index (κ1) is 17.0. The standard InChI is InChI=1S/C20H18N4O3/c1-4-27-20(26)15-11-22-24-16-7-8-23(17-9-12(2)5-6-13(17)3)19(25)14(16)10-21-18(15)24/h5-11H,4H2,1-3H3. The third-order valence-electron chi connectivity index (χ3n) is 4.51. The molecule has 0 bridgehead atoms. The Labute approximate surface area is 154 Å². The van der Waals surface area contributed by atoms with Crippen molar-refractivity contribution in [3.8, 4) is 5.69 Å². The number of carbonyl (C=O) groups excluding carboxylic acids is 1. The van der Waals surface area contributed by atoms with Crippen molar-refractivity contribution in [2.24, 2.45) is 0 Å². The molecule has 4 aromatic rings. The van der Waals surface area contributed by atoms with Crippen molar-refractivity contribution < 1.29 is 9.53 Å². The summed E-state index contributed by atoms with van der Waals surface area (Å²) >= 11 is 0. The van der Waals surface area contributed by atoms with Gasteiger partial charge in [-0.25, -0.2) is 14.3 Å². The topological polar surface area (TPSA) is 78.5 Å². The van der Waals surface area contributed by atoms with Crippen molar-refractivity contribution in [3.63, 3.8) is 0 Å². The molecule has 0 amide bonds. The molecule has 0 spiro atoms. The van der Waals surface area contributed by atoms with Crippen LogP contribution in [0, 0.1) is 13.8 Å².